The van der Waals surface area contributed by atoms with Crippen molar-refractivity contribution >= 4 is 0 Å². The Hall–Kier alpha value is -0.120. The SMILES string of the molecule is CCC1CCN(CCC(N)C(C)(C)OC)CC1. The van der Waals surface area contributed by atoms with Crippen molar-refractivity contribution in [3.05, 3.63) is 0 Å². The zero-order valence-corrected chi connectivity index (χ0v) is 12.0. The molecule has 0 aliphatic carbocycles. The van der Waals surface area contributed by atoms with Gasteiger partial charge in [0, 0.05) is 13.2 Å². The van der Waals surface area contributed by atoms with E-state index in [0.717, 1.165) is 18.9 Å². The third-order valence-electron chi connectivity index (χ3n) is 4.46. The average Bonchev–Trinajstić information content (AvgIpc) is 2.36. The molecule has 2 N–H and O–H groups in total. The number of rotatable bonds is 6. The van der Waals surface area contributed by atoms with E-state index in [4.69, 9.17) is 10.5 Å². The smallest absolute Gasteiger partial charge is 0.0773 e. The Kier molecular flexibility index (Phi) is 5.90. The first-order valence-corrected chi connectivity index (χ1v) is 7.02. The summed E-state index contributed by atoms with van der Waals surface area (Å²) in [6.45, 7) is 10.1. The van der Waals surface area contributed by atoms with Crippen molar-refractivity contribution in [1.29, 1.82) is 0 Å². The van der Waals surface area contributed by atoms with E-state index < -0.39 is 0 Å². The maximum atomic E-state index is 6.18. The quantitative estimate of drug-likeness (QED) is 0.776. The van der Waals surface area contributed by atoms with Gasteiger partial charge in [-0.2, -0.15) is 0 Å². The third kappa shape index (κ3) is 4.57. The van der Waals surface area contributed by atoms with Crippen molar-refractivity contribution in [2.24, 2.45) is 11.7 Å². The van der Waals surface area contributed by atoms with E-state index >= 15 is 0 Å². The number of methoxy groups -OCH3 is 1. The molecule has 1 aliphatic rings. The van der Waals surface area contributed by atoms with Crippen molar-refractivity contribution in [3.63, 3.8) is 0 Å². The molecule has 0 aromatic carbocycles. The molecule has 102 valence electrons. The second-order valence-corrected chi connectivity index (χ2v) is 5.90. The molecule has 3 heteroatoms. The van der Waals surface area contributed by atoms with Gasteiger partial charge in [-0.3, -0.25) is 0 Å². The summed E-state index contributed by atoms with van der Waals surface area (Å²) in [7, 11) is 1.74. The Balaban J connectivity index is 2.23. The van der Waals surface area contributed by atoms with Crippen molar-refractivity contribution < 1.29 is 4.74 Å². The second kappa shape index (κ2) is 6.72. The summed E-state index contributed by atoms with van der Waals surface area (Å²) >= 11 is 0. The molecule has 1 saturated heterocycles. The Morgan fingerprint density at radius 3 is 2.41 bits per heavy atom. The van der Waals surface area contributed by atoms with Crippen LogP contribution in [0.1, 0.15) is 46.5 Å². The predicted octanol–water partition coefficient (Wildman–Crippen LogP) is 2.25. The third-order valence-corrected chi connectivity index (χ3v) is 4.46. The maximum Gasteiger partial charge on any atom is 0.0773 e. The minimum atomic E-state index is -0.207. The van der Waals surface area contributed by atoms with Crippen LogP contribution in [0.3, 0.4) is 0 Å². The van der Waals surface area contributed by atoms with Crippen LogP contribution >= 0.6 is 0 Å². The standard InChI is InChI=1S/C14H30N2O/c1-5-12-6-9-16(10-7-12)11-8-13(15)14(2,3)17-4/h12-13H,5-11,15H2,1-4H3. The molecule has 1 unspecified atom stereocenters. The summed E-state index contributed by atoms with van der Waals surface area (Å²) in [5, 5.41) is 0. The first-order chi connectivity index (χ1) is 7.99. The fourth-order valence-corrected chi connectivity index (χ4v) is 2.44. The number of nitrogens with two attached hydrogens (primary N) is 1. The maximum absolute atomic E-state index is 6.18. The van der Waals surface area contributed by atoms with Crippen molar-refractivity contribution in [3.8, 4) is 0 Å². The summed E-state index contributed by atoms with van der Waals surface area (Å²) in [6, 6.07) is 0.122. The molecular weight excluding hydrogens is 212 g/mol. The van der Waals surface area contributed by atoms with Gasteiger partial charge in [0.15, 0.2) is 0 Å². The molecule has 3 nitrogen and oxygen atoms in total. The van der Waals surface area contributed by atoms with Gasteiger partial charge < -0.3 is 15.4 Å². The van der Waals surface area contributed by atoms with Gasteiger partial charge in [-0.1, -0.05) is 13.3 Å². The summed E-state index contributed by atoms with van der Waals surface area (Å²) in [6.07, 6.45) is 5.08. The lowest BCUT2D eigenvalue weighted by Crippen LogP contribution is -2.47. The predicted molar refractivity (Wildman–Crippen MR) is 73.1 cm³/mol. The Bertz CT molecular complexity index is 210. The zero-order valence-electron chi connectivity index (χ0n) is 12.0. The number of hydrogen-bond acceptors (Lipinski definition) is 3. The molecule has 1 aliphatic heterocycles. The average molecular weight is 242 g/mol. The van der Waals surface area contributed by atoms with Gasteiger partial charge in [-0.05, 0) is 58.7 Å². The largest absolute Gasteiger partial charge is 0.377 e. The van der Waals surface area contributed by atoms with Gasteiger partial charge in [0.25, 0.3) is 0 Å². The summed E-state index contributed by atoms with van der Waals surface area (Å²) in [4.78, 5) is 2.55. The van der Waals surface area contributed by atoms with Crippen LogP contribution in [0.25, 0.3) is 0 Å². The van der Waals surface area contributed by atoms with Crippen LogP contribution in [0.4, 0.5) is 0 Å². The van der Waals surface area contributed by atoms with Gasteiger partial charge in [-0.25, -0.2) is 0 Å². The van der Waals surface area contributed by atoms with Crippen LogP contribution in [0, 0.1) is 5.92 Å². The highest BCUT2D eigenvalue weighted by Gasteiger charge is 2.26. The van der Waals surface area contributed by atoms with Crippen LogP contribution in [0.5, 0.6) is 0 Å². The van der Waals surface area contributed by atoms with Crippen molar-refractivity contribution in [2.45, 2.75) is 58.1 Å². The summed E-state index contributed by atoms with van der Waals surface area (Å²) in [5.74, 6) is 0.954. The number of likely N-dealkylation sites (tertiary alicyclic amines) is 1. The monoisotopic (exact) mass is 242 g/mol. The first kappa shape index (κ1) is 14.9. The molecule has 1 heterocycles. The molecule has 0 aromatic heterocycles. The molecule has 0 bridgehead atoms. The fraction of sp³-hybridized carbons (Fsp3) is 1.00. The van der Waals surface area contributed by atoms with Gasteiger partial charge in [0.05, 0.1) is 5.60 Å². The molecule has 0 amide bonds. The van der Waals surface area contributed by atoms with Crippen LogP contribution in [-0.2, 0) is 4.74 Å². The minimum absolute atomic E-state index is 0.122. The van der Waals surface area contributed by atoms with E-state index in [-0.39, 0.29) is 11.6 Å². The number of piperidine rings is 1. The van der Waals surface area contributed by atoms with Crippen LogP contribution in [-0.4, -0.2) is 43.3 Å². The van der Waals surface area contributed by atoms with Crippen LogP contribution < -0.4 is 5.73 Å². The number of hydrogen-bond donors (Lipinski definition) is 1. The molecule has 17 heavy (non-hydrogen) atoms. The van der Waals surface area contributed by atoms with Crippen molar-refractivity contribution in [1.82, 2.24) is 4.90 Å². The summed E-state index contributed by atoms with van der Waals surface area (Å²) in [5.41, 5.74) is 5.97. The van der Waals surface area contributed by atoms with Gasteiger partial charge in [0.1, 0.15) is 0 Å². The first-order valence-electron chi connectivity index (χ1n) is 7.02. The van der Waals surface area contributed by atoms with E-state index in [1.54, 1.807) is 7.11 Å². The topological polar surface area (TPSA) is 38.5 Å². The lowest BCUT2D eigenvalue weighted by atomic mass is 9.93. The molecule has 0 aromatic rings. The van der Waals surface area contributed by atoms with E-state index in [1.165, 1.54) is 32.4 Å². The molecule has 0 radical (unpaired) electrons. The minimum Gasteiger partial charge on any atom is -0.377 e. The van der Waals surface area contributed by atoms with Gasteiger partial charge in [0.2, 0.25) is 0 Å². The normalized spacial score (nSPS) is 21.7. The van der Waals surface area contributed by atoms with Crippen molar-refractivity contribution in [2.75, 3.05) is 26.7 Å². The fourth-order valence-electron chi connectivity index (χ4n) is 2.44. The molecule has 0 spiro atoms. The molecular formula is C14H30N2O. The van der Waals surface area contributed by atoms with Gasteiger partial charge >= 0.3 is 0 Å². The highest BCUT2D eigenvalue weighted by atomic mass is 16.5. The van der Waals surface area contributed by atoms with E-state index in [1.807, 2.05) is 0 Å². The Morgan fingerprint density at radius 2 is 1.94 bits per heavy atom. The van der Waals surface area contributed by atoms with E-state index in [9.17, 15) is 0 Å². The molecule has 1 atom stereocenters. The summed E-state index contributed by atoms with van der Waals surface area (Å²) < 4.78 is 5.43. The Morgan fingerprint density at radius 1 is 1.35 bits per heavy atom. The number of ether oxygens (including phenoxy) is 1. The second-order valence-electron chi connectivity index (χ2n) is 5.90. The molecule has 1 rings (SSSR count). The lowest BCUT2D eigenvalue weighted by Gasteiger charge is -2.35. The molecule has 1 fully saturated rings. The highest BCUT2D eigenvalue weighted by molar-refractivity contribution is 4.83. The zero-order chi connectivity index (χ0) is 12.9. The Labute approximate surface area is 107 Å². The molecule has 0 saturated carbocycles. The van der Waals surface area contributed by atoms with Crippen LogP contribution in [0.15, 0.2) is 0 Å². The number of nitrogens with zero attached hydrogens (tertiary/aromatic N) is 1. The van der Waals surface area contributed by atoms with E-state index in [0.29, 0.717) is 0 Å². The lowest BCUT2D eigenvalue weighted by molar-refractivity contribution is -0.00445. The van der Waals surface area contributed by atoms with Crippen LogP contribution in [0.2, 0.25) is 0 Å². The van der Waals surface area contributed by atoms with Gasteiger partial charge in [-0.15, -0.1) is 0 Å². The highest BCUT2D eigenvalue weighted by Crippen LogP contribution is 2.21. The van der Waals surface area contributed by atoms with E-state index in [2.05, 4.69) is 25.7 Å².